The van der Waals surface area contributed by atoms with E-state index in [1.165, 1.54) is 0 Å². The third kappa shape index (κ3) is 5.66. The van der Waals surface area contributed by atoms with E-state index < -0.39 is 11.9 Å². The van der Waals surface area contributed by atoms with Gasteiger partial charge in [0.1, 0.15) is 0 Å². The van der Waals surface area contributed by atoms with Crippen molar-refractivity contribution in [2.24, 2.45) is 0 Å². The zero-order chi connectivity index (χ0) is 27.1. The third-order valence-electron chi connectivity index (χ3n) is 7.25. The Bertz CT molecular complexity index is 1730. The first-order valence-corrected chi connectivity index (χ1v) is 12.6. The number of nitrogens with one attached hydrogen (secondary N) is 2. The van der Waals surface area contributed by atoms with E-state index in [4.69, 9.17) is 9.97 Å². The van der Waals surface area contributed by atoms with Gasteiger partial charge in [0.15, 0.2) is 0 Å². The smallest absolute Gasteiger partial charge is 0.303 e. The van der Waals surface area contributed by atoms with E-state index in [0.29, 0.717) is 24.2 Å². The molecule has 5 heterocycles. The van der Waals surface area contributed by atoms with Crippen molar-refractivity contribution in [1.29, 1.82) is 0 Å². The Balaban J connectivity index is 0.00000353. The van der Waals surface area contributed by atoms with Crippen LogP contribution in [0.25, 0.3) is 44.4 Å². The molecule has 202 valence electrons. The SMILES string of the molecule is CC1=C(CCC(=O)O)c2cc3nc(cc4[nH]c(cc4C)cc4[nH]c(cc1n2)cc4C)C(C)=C3CCC(=O)O.Cl. The number of aromatic nitrogens is 4. The Morgan fingerprint density at radius 3 is 1.56 bits per heavy atom. The number of fused-ring (bicyclic) bond motifs is 8. The molecule has 4 N–H and O–H groups in total. The second-order valence-corrected chi connectivity index (χ2v) is 9.98. The summed E-state index contributed by atoms with van der Waals surface area (Å²) in [5.74, 6) is -1.75. The van der Waals surface area contributed by atoms with Crippen LogP contribution >= 0.6 is 12.4 Å². The van der Waals surface area contributed by atoms with Crippen molar-refractivity contribution in [2.75, 3.05) is 0 Å². The average Bonchev–Trinajstić information content (AvgIpc) is 3.53. The standard InChI is InChI=1S/C30H30N4O4.ClH/c1-15-9-20-12-25-17(3)21(5-7-29(35)36)27(33-25)14-28-22(6-8-30(37)38)18(4)26(34-28)13-24-16(2)10-19(32-24)11-23(15)31-20;/h9-14,31-32H,5-8H2,1-4H3,(H,35,36)(H,37,38);1H. The third-order valence-corrected chi connectivity index (χ3v) is 7.25. The predicted octanol–water partition coefficient (Wildman–Crippen LogP) is 6.94. The molecular formula is C30H31ClN4O4. The molecule has 0 spiro atoms. The zero-order valence-electron chi connectivity index (χ0n) is 22.3. The fourth-order valence-electron chi connectivity index (χ4n) is 5.10. The highest BCUT2D eigenvalue weighted by molar-refractivity contribution is 5.96. The first-order valence-electron chi connectivity index (χ1n) is 12.6. The molecule has 3 aromatic rings. The molecule has 0 saturated carbocycles. The number of carboxylic acid groups (broad SMARTS) is 2. The van der Waals surface area contributed by atoms with Crippen LogP contribution in [0.3, 0.4) is 0 Å². The number of carbonyl (C=O) groups is 2. The number of carboxylic acids is 2. The van der Waals surface area contributed by atoms with E-state index in [-0.39, 0.29) is 25.2 Å². The topological polar surface area (TPSA) is 132 Å². The number of hydrogen-bond acceptors (Lipinski definition) is 4. The Labute approximate surface area is 232 Å². The van der Waals surface area contributed by atoms with Gasteiger partial charge in [0.05, 0.1) is 22.8 Å². The molecule has 0 saturated heterocycles. The summed E-state index contributed by atoms with van der Waals surface area (Å²) in [6.45, 7) is 8.01. The summed E-state index contributed by atoms with van der Waals surface area (Å²) >= 11 is 0. The quantitative estimate of drug-likeness (QED) is 0.264. The molecule has 0 atom stereocenters. The second-order valence-electron chi connectivity index (χ2n) is 9.98. The van der Waals surface area contributed by atoms with Crippen LogP contribution in [0.2, 0.25) is 0 Å². The van der Waals surface area contributed by atoms with Crippen LogP contribution in [0, 0.1) is 13.8 Å². The molecule has 0 radical (unpaired) electrons. The van der Waals surface area contributed by atoms with E-state index >= 15 is 0 Å². The fraction of sp³-hybridized carbons (Fsp3) is 0.267. The fourth-order valence-corrected chi connectivity index (χ4v) is 5.10. The van der Waals surface area contributed by atoms with Gasteiger partial charge in [-0.05, 0) is 110 Å². The van der Waals surface area contributed by atoms with Gasteiger partial charge < -0.3 is 20.2 Å². The Morgan fingerprint density at radius 2 is 1.08 bits per heavy atom. The van der Waals surface area contributed by atoms with Crippen molar-refractivity contribution in [3.63, 3.8) is 0 Å². The molecule has 2 aliphatic heterocycles. The maximum absolute atomic E-state index is 11.4. The molecule has 39 heavy (non-hydrogen) atoms. The Morgan fingerprint density at radius 1 is 0.641 bits per heavy atom. The maximum atomic E-state index is 11.4. The van der Waals surface area contributed by atoms with Crippen molar-refractivity contribution < 1.29 is 19.8 Å². The van der Waals surface area contributed by atoms with Gasteiger partial charge in [-0.25, -0.2) is 9.97 Å². The minimum absolute atomic E-state index is 0. The number of aromatic amines is 2. The molecule has 5 rings (SSSR count). The van der Waals surface area contributed by atoms with E-state index in [9.17, 15) is 19.8 Å². The van der Waals surface area contributed by atoms with E-state index in [1.807, 2.05) is 39.0 Å². The van der Waals surface area contributed by atoms with Gasteiger partial charge >= 0.3 is 11.9 Å². The van der Waals surface area contributed by atoms with Crippen LogP contribution in [0.5, 0.6) is 0 Å². The van der Waals surface area contributed by atoms with Crippen molar-refractivity contribution in [1.82, 2.24) is 19.9 Å². The first kappa shape index (κ1) is 27.9. The van der Waals surface area contributed by atoms with E-state index in [1.54, 1.807) is 0 Å². The Kier molecular flexibility index (Phi) is 7.79. The Hall–Kier alpha value is -4.17. The van der Waals surface area contributed by atoms with Crippen molar-refractivity contribution in [2.45, 2.75) is 53.4 Å². The maximum Gasteiger partial charge on any atom is 0.303 e. The van der Waals surface area contributed by atoms with Gasteiger partial charge in [-0.1, -0.05) is 0 Å². The average molecular weight is 547 g/mol. The zero-order valence-corrected chi connectivity index (χ0v) is 23.1. The van der Waals surface area contributed by atoms with Gasteiger partial charge in [0, 0.05) is 34.9 Å². The molecule has 0 aromatic carbocycles. The molecule has 8 nitrogen and oxygen atoms in total. The summed E-state index contributed by atoms with van der Waals surface area (Å²) < 4.78 is 0. The van der Waals surface area contributed by atoms with Gasteiger partial charge in [-0.2, -0.15) is 0 Å². The normalized spacial score (nSPS) is 13.0. The molecule has 0 amide bonds. The van der Waals surface area contributed by atoms with Crippen LogP contribution in [0.1, 0.15) is 73.4 Å². The molecule has 9 heteroatoms. The lowest BCUT2D eigenvalue weighted by atomic mass is 9.98. The number of nitrogens with zero attached hydrogens (tertiary/aromatic N) is 2. The predicted molar refractivity (Wildman–Crippen MR) is 156 cm³/mol. The summed E-state index contributed by atoms with van der Waals surface area (Å²) in [5.41, 5.74) is 12.4. The summed E-state index contributed by atoms with van der Waals surface area (Å²) in [6, 6.07) is 12.1. The lowest BCUT2D eigenvalue weighted by Gasteiger charge is -2.05. The monoisotopic (exact) mass is 546 g/mol. The van der Waals surface area contributed by atoms with Gasteiger partial charge in [0.2, 0.25) is 0 Å². The highest BCUT2D eigenvalue weighted by Gasteiger charge is 2.22. The molecule has 0 aliphatic carbocycles. The highest BCUT2D eigenvalue weighted by Crippen LogP contribution is 2.37. The second kappa shape index (κ2) is 10.9. The van der Waals surface area contributed by atoms with Crippen LogP contribution in [0.15, 0.2) is 36.4 Å². The summed E-state index contributed by atoms with van der Waals surface area (Å²) in [4.78, 5) is 39.6. The number of rotatable bonds is 6. The van der Waals surface area contributed by atoms with Crippen LogP contribution in [0.4, 0.5) is 0 Å². The summed E-state index contributed by atoms with van der Waals surface area (Å²) in [7, 11) is 0. The first-order chi connectivity index (χ1) is 18.1. The largest absolute Gasteiger partial charge is 0.481 e. The van der Waals surface area contributed by atoms with Gasteiger partial charge in [-0.15, -0.1) is 12.4 Å². The minimum Gasteiger partial charge on any atom is -0.481 e. The molecule has 8 bridgehead atoms. The lowest BCUT2D eigenvalue weighted by Crippen LogP contribution is -1.97. The van der Waals surface area contributed by atoms with Crippen molar-refractivity contribution >= 4 is 68.7 Å². The van der Waals surface area contributed by atoms with E-state index in [2.05, 4.69) is 35.1 Å². The number of aliphatic carboxylic acids is 2. The summed E-state index contributed by atoms with van der Waals surface area (Å²) in [5, 5.41) is 18.7. The molecular weight excluding hydrogens is 516 g/mol. The van der Waals surface area contributed by atoms with Gasteiger partial charge in [0.25, 0.3) is 0 Å². The number of allylic oxidation sites excluding steroid dienone is 4. The number of hydrogen-bond donors (Lipinski definition) is 4. The molecule has 0 fully saturated rings. The van der Waals surface area contributed by atoms with Crippen molar-refractivity contribution in [3.8, 4) is 0 Å². The number of H-pyrrole nitrogens is 2. The van der Waals surface area contributed by atoms with Crippen molar-refractivity contribution in [3.05, 3.63) is 70.3 Å². The lowest BCUT2D eigenvalue weighted by molar-refractivity contribution is -0.137. The van der Waals surface area contributed by atoms with E-state index in [0.717, 1.165) is 66.9 Å². The minimum atomic E-state index is -0.873. The molecule has 0 unspecified atom stereocenters. The number of aryl methyl sites for hydroxylation is 2. The molecule has 3 aromatic heterocycles. The van der Waals surface area contributed by atoms with Crippen LogP contribution in [-0.2, 0) is 9.59 Å². The van der Waals surface area contributed by atoms with Gasteiger partial charge in [-0.3, -0.25) is 9.59 Å². The molecule has 2 aliphatic rings. The highest BCUT2D eigenvalue weighted by atomic mass is 35.5. The summed E-state index contributed by atoms with van der Waals surface area (Å²) in [6.07, 6.45) is 0.647. The van der Waals surface area contributed by atoms with Crippen LogP contribution in [-0.4, -0.2) is 42.1 Å². The van der Waals surface area contributed by atoms with Crippen LogP contribution < -0.4 is 0 Å². The number of halogens is 1.